The second kappa shape index (κ2) is 5.85. The summed E-state index contributed by atoms with van der Waals surface area (Å²) in [5.74, 6) is 0.413. The Morgan fingerprint density at radius 2 is 1.71 bits per heavy atom. The SMILES string of the molecule is Cc1cc(C)cc([C@H](N)[C@H](O)C2CCC2)c1.Cl. The molecule has 0 spiro atoms. The highest BCUT2D eigenvalue weighted by molar-refractivity contribution is 5.85. The van der Waals surface area contributed by atoms with Crippen molar-refractivity contribution in [3.8, 4) is 0 Å². The Bertz CT molecular complexity index is 356. The first-order valence-corrected chi connectivity index (χ1v) is 6.10. The summed E-state index contributed by atoms with van der Waals surface area (Å²) < 4.78 is 0. The molecular formula is C14H22ClNO. The van der Waals surface area contributed by atoms with E-state index < -0.39 is 0 Å². The van der Waals surface area contributed by atoms with Crippen molar-refractivity contribution in [2.45, 2.75) is 45.3 Å². The lowest BCUT2D eigenvalue weighted by Gasteiger charge is -2.34. The van der Waals surface area contributed by atoms with E-state index in [1.807, 2.05) is 0 Å². The number of nitrogens with two attached hydrogens (primary N) is 1. The van der Waals surface area contributed by atoms with E-state index in [1.54, 1.807) is 0 Å². The number of aliphatic hydroxyl groups is 1. The summed E-state index contributed by atoms with van der Waals surface area (Å²) in [7, 11) is 0. The highest BCUT2D eigenvalue weighted by atomic mass is 35.5. The molecule has 0 aliphatic heterocycles. The predicted molar refractivity (Wildman–Crippen MR) is 73.4 cm³/mol. The fraction of sp³-hybridized carbons (Fsp3) is 0.571. The first-order chi connectivity index (χ1) is 7.58. The van der Waals surface area contributed by atoms with E-state index in [0.29, 0.717) is 5.92 Å². The summed E-state index contributed by atoms with van der Waals surface area (Å²) in [5.41, 5.74) is 9.63. The maximum Gasteiger partial charge on any atom is 0.0760 e. The predicted octanol–water partition coefficient (Wildman–Crippen LogP) is 2.89. The monoisotopic (exact) mass is 255 g/mol. The van der Waals surface area contributed by atoms with Crippen molar-refractivity contribution in [3.05, 3.63) is 34.9 Å². The van der Waals surface area contributed by atoms with Crippen LogP contribution < -0.4 is 5.73 Å². The highest BCUT2D eigenvalue weighted by Crippen LogP contribution is 2.34. The van der Waals surface area contributed by atoms with E-state index in [0.717, 1.165) is 18.4 Å². The molecule has 96 valence electrons. The molecule has 17 heavy (non-hydrogen) atoms. The minimum atomic E-state index is -0.380. The molecule has 2 rings (SSSR count). The normalized spacial score (nSPS) is 19.1. The summed E-state index contributed by atoms with van der Waals surface area (Å²) in [4.78, 5) is 0. The summed E-state index contributed by atoms with van der Waals surface area (Å²) in [6.45, 7) is 4.14. The molecule has 1 aromatic carbocycles. The van der Waals surface area contributed by atoms with E-state index in [1.165, 1.54) is 17.5 Å². The van der Waals surface area contributed by atoms with Gasteiger partial charge < -0.3 is 10.8 Å². The summed E-state index contributed by atoms with van der Waals surface area (Å²) >= 11 is 0. The lowest BCUT2D eigenvalue weighted by Crippen LogP contribution is -2.36. The van der Waals surface area contributed by atoms with Crippen LogP contribution in [0.2, 0.25) is 0 Å². The molecule has 0 unspecified atom stereocenters. The van der Waals surface area contributed by atoms with Gasteiger partial charge in [-0.1, -0.05) is 35.7 Å². The lowest BCUT2D eigenvalue weighted by atomic mass is 9.77. The van der Waals surface area contributed by atoms with Crippen molar-refractivity contribution in [1.82, 2.24) is 0 Å². The third-order valence-corrected chi connectivity index (χ3v) is 3.63. The molecule has 0 heterocycles. The molecule has 3 N–H and O–H groups in total. The molecule has 2 nitrogen and oxygen atoms in total. The van der Waals surface area contributed by atoms with Gasteiger partial charge in [-0.15, -0.1) is 12.4 Å². The van der Waals surface area contributed by atoms with Crippen molar-refractivity contribution in [2.24, 2.45) is 11.7 Å². The molecule has 0 amide bonds. The minimum Gasteiger partial charge on any atom is -0.391 e. The van der Waals surface area contributed by atoms with Crippen molar-refractivity contribution >= 4 is 12.4 Å². The summed E-state index contributed by atoms with van der Waals surface area (Å²) in [6.07, 6.45) is 3.11. The molecule has 3 heteroatoms. The zero-order chi connectivity index (χ0) is 11.7. The van der Waals surface area contributed by atoms with Crippen LogP contribution in [0.1, 0.15) is 42.0 Å². The first-order valence-electron chi connectivity index (χ1n) is 6.10. The van der Waals surface area contributed by atoms with Crippen LogP contribution >= 0.6 is 12.4 Å². The molecule has 0 saturated heterocycles. The molecule has 1 aliphatic rings. The van der Waals surface area contributed by atoms with Gasteiger partial charge in [0.1, 0.15) is 0 Å². The Balaban J connectivity index is 0.00000144. The molecule has 2 atom stereocenters. The van der Waals surface area contributed by atoms with Gasteiger partial charge >= 0.3 is 0 Å². The molecule has 0 radical (unpaired) electrons. The highest BCUT2D eigenvalue weighted by Gasteiger charge is 2.30. The van der Waals surface area contributed by atoms with Gasteiger partial charge in [-0.25, -0.2) is 0 Å². The number of halogens is 1. The van der Waals surface area contributed by atoms with Crippen molar-refractivity contribution in [1.29, 1.82) is 0 Å². The first kappa shape index (κ1) is 14.5. The average Bonchev–Trinajstić information content (AvgIpc) is 2.12. The molecule has 1 fully saturated rings. The van der Waals surface area contributed by atoms with Gasteiger partial charge in [-0.3, -0.25) is 0 Å². The Morgan fingerprint density at radius 1 is 1.18 bits per heavy atom. The fourth-order valence-corrected chi connectivity index (χ4v) is 2.47. The maximum absolute atomic E-state index is 10.1. The molecule has 1 aromatic rings. The van der Waals surface area contributed by atoms with E-state index in [-0.39, 0.29) is 24.6 Å². The van der Waals surface area contributed by atoms with Gasteiger partial charge in [0, 0.05) is 0 Å². The van der Waals surface area contributed by atoms with Gasteiger partial charge in [0.25, 0.3) is 0 Å². The Kier molecular flexibility index (Phi) is 4.99. The smallest absolute Gasteiger partial charge is 0.0760 e. The van der Waals surface area contributed by atoms with Crippen LogP contribution in [0.15, 0.2) is 18.2 Å². The Labute approximate surface area is 110 Å². The number of hydrogen-bond donors (Lipinski definition) is 2. The second-order valence-electron chi connectivity index (χ2n) is 5.13. The maximum atomic E-state index is 10.1. The number of aliphatic hydroxyl groups excluding tert-OH is 1. The zero-order valence-corrected chi connectivity index (χ0v) is 11.3. The Hall–Kier alpha value is -0.570. The van der Waals surface area contributed by atoms with Crippen LogP contribution in [0.25, 0.3) is 0 Å². The fourth-order valence-electron chi connectivity index (χ4n) is 2.47. The van der Waals surface area contributed by atoms with E-state index in [4.69, 9.17) is 5.73 Å². The number of benzene rings is 1. The molecule has 1 saturated carbocycles. The standard InChI is InChI=1S/C14H21NO.ClH/c1-9-6-10(2)8-12(7-9)13(15)14(16)11-4-3-5-11;/h6-8,11,13-14,16H,3-5,15H2,1-2H3;1H/t13-,14+;/m0./s1. The van der Waals surface area contributed by atoms with Gasteiger partial charge in [-0.05, 0) is 38.2 Å². The summed E-state index contributed by atoms with van der Waals surface area (Å²) in [6, 6.07) is 6.06. The van der Waals surface area contributed by atoms with Gasteiger partial charge in [-0.2, -0.15) is 0 Å². The Morgan fingerprint density at radius 3 is 2.12 bits per heavy atom. The van der Waals surface area contributed by atoms with Crippen LogP contribution in [0, 0.1) is 19.8 Å². The van der Waals surface area contributed by atoms with Gasteiger partial charge in [0.2, 0.25) is 0 Å². The van der Waals surface area contributed by atoms with E-state index in [2.05, 4.69) is 32.0 Å². The number of aryl methyl sites for hydroxylation is 2. The van der Waals surface area contributed by atoms with Crippen LogP contribution in [0.3, 0.4) is 0 Å². The van der Waals surface area contributed by atoms with Crippen LogP contribution in [0.5, 0.6) is 0 Å². The third kappa shape index (κ3) is 3.21. The zero-order valence-electron chi connectivity index (χ0n) is 10.5. The third-order valence-electron chi connectivity index (χ3n) is 3.63. The quantitative estimate of drug-likeness (QED) is 0.873. The topological polar surface area (TPSA) is 46.2 Å². The largest absolute Gasteiger partial charge is 0.391 e. The van der Waals surface area contributed by atoms with Crippen molar-refractivity contribution in [2.75, 3.05) is 0 Å². The molecule has 1 aliphatic carbocycles. The minimum absolute atomic E-state index is 0. The van der Waals surface area contributed by atoms with Gasteiger partial charge in [0.15, 0.2) is 0 Å². The molecular weight excluding hydrogens is 234 g/mol. The van der Waals surface area contributed by atoms with E-state index in [9.17, 15) is 5.11 Å². The van der Waals surface area contributed by atoms with Crippen LogP contribution in [-0.4, -0.2) is 11.2 Å². The number of hydrogen-bond acceptors (Lipinski definition) is 2. The van der Waals surface area contributed by atoms with Crippen molar-refractivity contribution in [3.63, 3.8) is 0 Å². The lowest BCUT2D eigenvalue weighted by molar-refractivity contribution is 0.0413. The average molecular weight is 256 g/mol. The van der Waals surface area contributed by atoms with Crippen molar-refractivity contribution < 1.29 is 5.11 Å². The van der Waals surface area contributed by atoms with Crippen LogP contribution in [0.4, 0.5) is 0 Å². The molecule has 0 aromatic heterocycles. The second-order valence-corrected chi connectivity index (χ2v) is 5.13. The van der Waals surface area contributed by atoms with Gasteiger partial charge in [0.05, 0.1) is 12.1 Å². The summed E-state index contributed by atoms with van der Waals surface area (Å²) in [5, 5.41) is 10.1. The van der Waals surface area contributed by atoms with E-state index >= 15 is 0 Å². The molecule has 0 bridgehead atoms. The number of rotatable bonds is 3. The van der Waals surface area contributed by atoms with Crippen LogP contribution in [-0.2, 0) is 0 Å².